The molecule has 2 N–H and O–H groups in total. The Morgan fingerprint density at radius 2 is 2.17 bits per heavy atom. The average molecular weight is 125 g/mol. The molecule has 2 nitrogen and oxygen atoms in total. The van der Waals surface area contributed by atoms with Crippen molar-refractivity contribution in [3.63, 3.8) is 0 Å². The van der Waals surface area contributed by atoms with E-state index in [1.54, 1.807) is 6.92 Å². The Morgan fingerprint density at radius 3 is 2.17 bits per heavy atom. The molecule has 0 saturated heterocycles. The van der Waals surface area contributed by atoms with Gasteiger partial charge in [-0.15, -0.1) is 0 Å². The molecular weight excluding hydrogens is 117 g/mol. The van der Waals surface area contributed by atoms with E-state index in [4.69, 9.17) is 5.14 Å². The highest BCUT2D eigenvalue weighted by Gasteiger charge is 2.01. The molecule has 0 aliphatic heterocycles. The molecule has 0 bridgehead atoms. The summed E-state index contributed by atoms with van der Waals surface area (Å²) in [6.07, 6.45) is 0. The molecule has 0 aromatic rings. The van der Waals surface area contributed by atoms with Gasteiger partial charge in [-0.25, -0.2) is 0 Å². The van der Waals surface area contributed by atoms with Gasteiger partial charge in [0, 0.05) is 11.4 Å². The first-order valence-corrected chi connectivity index (χ1v) is 3.49. The lowest BCUT2D eigenvalue weighted by atomic mass is 11.0. The summed E-state index contributed by atoms with van der Waals surface area (Å²) in [7, 11) is 2.35. The molecule has 0 fully saturated rings. The Morgan fingerprint density at radius 1 is 2.00 bits per heavy atom. The third-order valence-corrected chi connectivity index (χ3v) is 1.90. The molecule has 0 aromatic heterocycles. The Balaban J connectivity index is 2.99. The normalized spacial score (nSPS) is 20.0. The Hall–Kier alpha value is 0.700. The van der Waals surface area contributed by atoms with Crippen molar-refractivity contribution in [1.29, 1.82) is 0 Å². The van der Waals surface area contributed by atoms with Crippen molar-refractivity contribution < 1.29 is 4.55 Å². The number of rotatable bonds is 1. The van der Waals surface area contributed by atoms with Crippen molar-refractivity contribution in [2.75, 3.05) is 0 Å². The van der Waals surface area contributed by atoms with Crippen molar-refractivity contribution in [3.05, 3.63) is 0 Å². The molecule has 6 heavy (non-hydrogen) atoms. The van der Waals surface area contributed by atoms with E-state index in [0.717, 1.165) is 0 Å². The Bertz CT molecular complexity index is 34.5. The molecule has 0 aromatic carbocycles. The minimum absolute atomic E-state index is 0.0185. The van der Waals surface area contributed by atoms with Crippen LogP contribution in [0.2, 0.25) is 0 Å². The smallest absolute Gasteiger partial charge is 0.144 e. The second-order valence-corrected chi connectivity index (χ2v) is 3.92. The highest BCUT2D eigenvalue weighted by molar-refractivity contribution is 7.93. The third kappa shape index (κ3) is 2.91. The second kappa shape index (κ2) is 2.80. The van der Waals surface area contributed by atoms with Crippen LogP contribution in [0, 0.1) is 0 Å². The van der Waals surface area contributed by atoms with E-state index in [-0.39, 0.29) is 4.99 Å². The van der Waals surface area contributed by atoms with Gasteiger partial charge >= 0.3 is 0 Å². The maximum atomic E-state index is 10.0. The summed E-state index contributed by atoms with van der Waals surface area (Å²) in [6.45, 7) is 1.78. The fourth-order valence-corrected chi connectivity index (χ4v) is 0. The molecule has 3 atom stereocenters. The molecule has 0 heterocycles. The van der Waals surface area contributed by atoms with E-state index in [1.165, 1.54) is 0 Å². The molecule has 0 radical (unpaired) electrons. The van der Waals surface area contributed by atoms with Crippen LogP contribution < -0.4 is 5.14 Å². The molecule has 4 heteroatoms. The molecule has 38 valence electrons. The molecule has 0 spiro atoms. The van der Waals surface area contributed by atoms with Gasteiger partial charge in [-0.3, -0.25) is 0 Å². The molecule has 0 saturated carbocycles. The topological polar surface area (TPSA) is 49.1 Å². The number of hydrogen-bond acceptors (Lipinski definition) is 2. The summed E-state index contributed by atoms with van der Waals surface area (Å²) < 4.78 is 10.0. The summed E-state index contributed by atoms with van der Waals surface area (Å²) in [5.41, 5.74) is 0. The zero-order chi connectivity index (χ0) is 5.15. The number of hydrogen-bond donors (Lipinski definition) is 1. The van der Waals surface area contributed by atoms with Gasteiger partial charge in [0.05, 0.1) is 0 Å². The van der Waals surface area contributed by atoms with E-state index in [9.17, 15) is 4.55 Å². The van der Waals surface area contributed by atoms with Gasteiger partial charge in [-0.05, 0) is 6.92 Å². The van der Waals surface area contributed by atoms with E-state index in [0.29, 0.717) is 0 Å². The van der Waals surface area contributed by atoms with Crippen LogP contribution in [0.15, 0.2) is 0 Å². The molecule has 0 aliphatic rings. The summed E-state index contributed by atoms with van der Waals surface area (Å²) in [5, 5.41) is 4.89. The van der Waals surface area contributed by atoms with E-state index in [2.05, 4.69) is 9.24 Å². The van der Waals surface area contributed by atoms with Gasteiger partial charge in [-0.1, -0.05) is 9.24 Å². The maximum absolute atomic E-state index is 10.0. The Labute approximate surface area is 43.0 Å². The largest absolute Gasteiger partial charge is 0.598 e. The summed E-state index contributed by atoms with van der Waals surface area (Å²) in [5.74, 6) is 0. The highest BCUT2D eigenvalue weighted by atomic mass is 32.2. The van der Waals surface area contributed by atoms with Crippen molar-refractivity contribution in [1.82, 2.24) is 0 Å². The predicted molar refractivity (Wildman–Crippen MR) is 31.5 cm³/mol. The SMILES string of the molecule is CC(P)[S@@+](N)[O-]. The fraction of sp³-hybridized carbons (Fsp3) is 1.00. The van der Waals surface area contributed by atoms with Crippen molar-refractivity contribution in [3.8, 4) is 0 Å². The quantitative estimate of drug-likeness (QED) is 0.390. The second-order valence-electron chi connectivity index (χ2n) is 1.03. The van der Waals surface area contributed by atoms with Gasteiger partial charge in [0.1, 0.15) is 4.99 Å². The average Bonchev–Trinajstić information content (AvgIpc) is 1.36. The van der Waals surface area contributed by atoms with Gasteiger partial charge in [0.25, 0.3) is 0 Å². The van der Waals surface area contributed by atoms with Crippen LogP contribution in [0.25, 0.3) is 0 Å². The van der Waals surface area contributed by atoms with Crippen LogP contribution in [0.4, 0.5) is 0 Å². The predicted octanol–water partition coefficient (Wildman–Crippen LogP) is -0.170. The lowest BCUT2D eigenvalue weighted by Gasteiger charge is -2.04. The number of nitrogens with two attached hydrogens (primary N) is 1. The zero-order valence-electron chi connectivity index (χ0n) is 3.55. The zero-order valence-corrected chi connectivity index (χ0v) is 5.52. The van der Waals surface area contributed by atoms with E-state index < -0.39 is 11.4 Å². The van der Waals surface area contributed by atoms with Gasteiger partial charge < -0.3 is 4.55 Å². The van der Waals surface area contributed by atoms with E-state index in [1.807, 2.05) is 0 Å². The fourth-order valence-electron chi connectivity index (χ4n) is 0. The van der Waals surface area contributed by atoms with Gasteiger partial charge in [0.15, 0.2) is 0 Å². The molecular formula is C2H8NOPS. The van der Waals surface area contributed by atoms with Crippen LogP contribution in [-0.4, -0.2) is 9.54 Å². The van der Waals surface area contributed by atoms with Crippen molar-refractivity contribution >= 4 is 20.6 Å². The maximum Gasteiger partial charge on any atom is 0.144 e. The van der Waals surface area contributed by atoms with Crippen LogP contribution in [0.5, 0.6) is 0 Å². The molecule has 2 unspecified atom stereocenters. The summed E-state index contributed by atoms with van der Waals surface area (Å²) >= 11 is -1.15. The first kappa shape index (κ1) is 6.70. The lowest BCUT2D eigenvalue weighted by Crippen LogP contribution is -2.20. The first-order chi connectivity index (χ1) is 2.64. The minimum Gasteiger partial charge on any atom is -0.598 e. The van der Waals surface area contributed by atoms with Crippen LogP contribution >= 0.6 is 9.24 Å². The third-order valence-electron chi connectivity index (χ3n) is 0.366. The van der Waals surface area contributed by atoms with Gasteiger partial charge in [0.2, 0.25) is 0 Å². The van der Waals surface area contributed by atoms with Gasteiger partial charge in [-0.2, -0.15) is 5.14 Å². The minimum atomic E-state index is -1.15. The first-order valence-electron chi connectivity index (χ1n) is 1.55. The molecule has 0 aliphatic carbocycles. The van der Waals surface area contributed by atoms with E-state index >= 15 is 0 Å². The highest BCUT2D eigenvalue weighted by Crippen LogP contribution is 2.01. The summed E-state index contributed by atoms with van der Waals surface area (Å²) in [4.78, 5) is 0.0185. The Kier molecular flexibility index (Phi) is 3.13. The monoisotopic (exact) mass is 125 g/mol. The standard InChI is InChI=1S/C2H8NOPS/c1-2(5)6(3)4/h2H,3,5H2,1H3/t2?,6-/m0/s1. The lowest BCUT2D eigenvalue weighted by molar-refractivity contribution is 0.595. The molecule has 0 rings (SSSR count). The molecule has 0 amide bonds. The van der Waals surface area contributed by atoms with Crippen molar-refractivity contribution in [2.45, 2.75) is 11.9 Å². The van der Waals surface area contributed by atoms with Crippen LogP contribution in [-0.2, 0) is 11.4 Å². The summed E-state index contributed by atoms with van der Waals surface area (Å²) in [6, 6.07) is 0. The van der Waals surface area contributed by atoms with Crippen LogP contribution in [0.1, 0.15) is 6.92 Å². The van der Waals surface area contributed by atoms with Crippen LogP contribution in [0.3, 0.4) is 0 Å². The van der Waals surface area contributed by atoms with Crippen molar-refractivity contribution in [2.24, 2.45) is 5.14 Å².